The molecular weight excluding hydrogens is 320 g/mol. The van der Waals surface area contributed by atoms with Crippen LogP contribution >= 0.6 is 0 Å². The third-order valence-corrected chi connectivity index (χ3v) is 4.83. The Morgan fingerprint density at radius 2 is 1.76 bits per heavy atom. The van der Waals surface area contributed by atoms with Gasteiger partial charge in [-0.05, 0) is 31.9 Å². The first kappa shape index (κ1) is 17.1. The van der Waals surface area contributed by atoms with Crippen molar-refractivity contribution in [3.63, 3.8) is 0 Å². The molecule has 2 amide bonds. The van der Waals surface area contributed by atoms with E-state index in [1.165, 1.54) is 6.92 Å². The molecule has 132 valence electrons. The minimum atomic E-state index is -0.454. The maximum absolute atomic E-state index is 12.8. The van der Waals surface area contributed by atoms with Crippen LogP contribution < -0.4 is 10.7 Å². The molecule has 2 aliphatic heterocycles. The summed E-state index contributed by atoms with van der Waals surface area (Å²) in [6.45, 7) is 2.49. The van der Waals surface area contributed by atoms with E-state index in [-0.39, 0.29) is 23.5 Å². The number of piperidine rings is 1. The highest BCUT2D eigenvalue weighted by Crippen LogP contribution is 2.26. The van der Waals surface area contributed by atoms with Gasteiger partial charge >= 0.3 is 0 Å². The molecule has 2 heterocycles. The van der Waals surface area contributed by atoms with Gasteiger partial charge in [0.25, 0.3) is 5.91 Å². The van der Waals surface area contributed by atoms with Crippen molar-refractivity contribution in [2.75, 3.05) is 18.1 Å². The molecule has 1 unspecified atom stereocenters. The fourth-order valence-corrected chi connectivity index (χ4v) is 3.32. The lowest BCUT2D eigenvalue weighted by molar-refractivity contribution is -0.129. The number of carbonyl (C=O) groups excluding carboxylic acids is 3. The van der Waals surface area contributed by atoms with Crippen LogP contribution in [0.15, 0.2) is 35.4 Å². The summed E-state index contributed by atoms with van der Waals surface area (Å²) < 4.78 is 0. The fourth-order valence-electron chi connectivity index (χ4n) is 3.32. The van der Waals surface area contributed by atoms with Crippen LogP contribution in [0.3, 0.4) is 0 Å². The summed E-state index contributed by atoms with van der Waals surface area (Å²) in [6.07, 6.45) is 1.46. The predicted molar refractivity (Wildman–Crippen MR) is 93.9 cm³/mol. The summed E-state index contributed by atoms with van der Waals surface area (Å²) in [5.74, 6) is -0.659. The van der Waals surface area contributed by atoms with E-state index in [2.05, 4.69) is 5.10 Å². The zero-order chi connectivity index (χ0) is 18.0. The molecule has 0 radical (unpaired) electrons. The molecule has 7 heteroatoms. The average Bonchev–Trinajstić information content (AvgIpc) is 3.07. The molecular formula is C18H22N4O3. The van der Waals surface area contributed by atoms with Crippen molar-refractivity contribution in [1.29, 1.82) is 0 Å². The monoisotopic (exact) mass is 342 g/mol. The van der Waals surface area contributed by atoms with E-state index >= 15 is 0 Å². The van der Waals surface area contributed by atoms with Crippen LogP contribution in [0.4, 0.5) is 5.69 Å². The van der Waals surface area contributed by atoms with Crippen molar-refractivity contribution in [2.45, 2.75) is 32.2 Å². The topological polar surface area (TPSA) is 96.1 Å². The van der Waals surface area contributed by atoms with Crippen molar-refractivity contribution in [2.24, 2.45) is 16.8 Å². The number of anilines is 1. The van der Waals surface area contributed by atoms with Gasteiger partial charge in [0.05, 0.1) is 5.69 Å². The third-order valence-electron chi connectivity index (χ3n) is 4.83. The van der Waals surface area contributed by atoms with Gasteiger partial charge in [-0.1, -0.05) is 18.2 Å². The molecule has 1 saturated heterocycles. The number of nitrogens with two attached hydrogens (primary N) is 1. The van der Waals surface area contributed by atoms with Crippen LogP contribution in [-0.4, -0.2) is 47.3 Å². The first-order chi connectivity index (χ1) is 12.0. The molecule has 0 aromatic heterocycles. The first-order valence-corrected chi connectivity index (χ1v) is 8.48. The van der Waals surface area contributed by atoms with Crippen molar-refractivity contribution >= 4 is 29.0 Å². The Morgan fingerprint density at radius 1 is 1.12 bits per heavy atom. The number of amides is 2. The normalized spacial score (nSPS) is 21.2. The molecule has 0 bridgehead atoms. The minimum absolute atomic E-state index is 0.0251. The minimum Gasteiger partial charge on any atom is -0.369 e. The van der Waals surface area contributed by atoms with Crippen molar-refractivity contribution in [3.05, 3.63) is 30.3 Å². The molecule has 0 saturated carbocycles. The Labute approximate surface area is 146 Å². The highest BCUT2D eigenvalue weighted by atomic mass is 16.2. The first-order valence-electron chi connectivity index (χ1n) is 8.48. The number of nitrogens with zero attached hydrogens (tertiary/aromatic N) is 3. The second-order valence-electron chi connectivity index (χ2n) is 6.53. The van der Waals surface area contributed by atoms with Gasteiger partial charge in [-0.25, -0.2) is 0 Å². The van der Waals surface area contributed by atoms with Gasteiger partial charge in [0.1, 0.15) is 11.8 Å². The van der Waals surface area contributed by atoms with Crippen LogP contribution in [0.2, 0.25) is 0 Å². The number of Topliss-reactive ketones (excluding diaryl/α,β-unsaturated/α-hetero) is 1. The Hall–Kier alpha value is -2.70. The smallest absolute Gasteiger partial charge is 0.270 e. The van der Waals surface area contributed by atoms with Crippen LogP contribution in [0.25, 0.3) is 0 Å². The molecule has 2 aliphatic rings. The van der Waals surface area contributed by atoms with Crippen LogP contribution in [0.5, 0.6) is 0 Å². The van der Waals surface area contributed by atoms with Crippen molar-refractivity contribution in [1.82, 2.24) is 4.90 Å². The average molecular weight is 342 g/mol. The molecule has 0 aliphatic carbocycles. The summed E-state index contributed by atoms with van der Waals surface area (Å²) in [5, 5.41) is 6.07. The van der Waals surface area contributed by atoms with E-state index in [1.54, 1.807) is 9.91 Å². The maximum atomic E-state index is 12.8. The highest BCUT2D eigenvalue weighted by molar-refractivity contribution is 6.40. The quantitative estimate of drug-likeness (QED) is 0.880. The van der Waals surface area contributed by atoms with E-state index in [0.717, 1.165) is 5.69 Å². The zero-order valence-electron chi connectivity index (χ0n) is 14.2. The second kappa shape index (κ2) is 7.04. The molecule has 3 rings (SSSR count). The number of hydrogen-bond donors (Lipinski definition) is 1. The fraction of sp³-hybridized carbons (Fsp3) is 0.444. The summed E-state index contributed by atoms with van der Waals surface area (Å²) >= 11 is 0. The van der Waals surface area contributed by atoms with E-state index in [4.69, 9.17) is 5.73 Å². The lowest BCUT2D eigenvalue weighted by Crippen LogP contribution is -2.44. The van der Waals surface area contributed by atoms with Gasteiger partial charge < -0.3 is 10.6 Å². The predicted octanol–water partition coefficient (Wildman–Crippen LogP) is 0.934. The van der Waals surface area contributed by atoms with Gasteiger partial charge in [0.15, 0.2) is 5.78 Å². The lowest BCUT2D eigenvalue weighted by atomic mass is 9.95. The van der Waals surface area contributed by atoms with E-state index in [0.29, 0.717) is 38.1 Å². The Bertz CT molecular complexity index is 708. The number of para-hydroxylation sites is 1. The van der Waals surface area contributed by atoms with Gasteiger partial charge in [0, 0.05) is 25.4 Å². The van der Waals surface area contributed by atoms with E-state index in [1.807, 2.05) is 30.3 Å². The molecule has 1 fully saturated rings. The van der Waals surface area contributed by atoms with Gasteiger partial charge in [-0.2, -0.15) is 5.10 Å². The van der Waals surface area contributed by atoms with Crippen molar-refractivity contribution in [3.8, 4) is 0 Å². The number of hydrazone groups is 1. The Balaban J connectivity index is 1.75. The molecule has 25 heavy (non-hydrogen) atoms. The second-order valence-corrected chi connectivity index (χ2v) is 6.53. The SMILES string of the molecule is CC(=O)C1CC(C(=O)N2CCC(C(N)=O)CC2)=NN1c1ccccc1. The molecule has 7 nitrogen and oxygen atoms in total. The van der Waals surface area contributed by atoms with E-state index in [9.17, 15) is 14.4 Å². The van der Waals surface area contributed by atoms with Gasteiger partial charge in [-0.3, -0.25) is 19.4 Å². The maximum Gasteiger partial charge on any atom is 0.270 e. The number of likely N-dealkylation sites (tertiary alicyclic amines) is 1. The summed E-state index contributed by atoms with van der Waals surface area (Å²) in [7, 11) is 0. The molecule has 0 spiro atoms. The summed E-state index contributed by atoms with van der Waals surface area (Å²) in [5.41, 5.74) is 6.51. The summed E-state index contributed by atoms with van der Waals surface area (Å²) in [6, 6.07) is 8.91. The number of benzene rings is 1. The largest absolute Gasteiger partial charge is 0.369 e. The molecule has 1 atom stereocenters. The number of ketones is 1. The molecule has 1 aromatic rings. The third kappa shape index (κ3) is 3.55. The van der Waals surface area contributed by atoms with Crippen LogP contribution in [0, 0.1) is 5.92 Å². The number of primary amides is 1. The van der Waals surface area contributed by atoms with Gasteiger partial charge in [-0.15, -0.1) is 0 Å². The van der Waals surface area contributed by atoms with Crippen LogP contribution in [0.1, 0.15) is 26.2 Å². The van der Waals surface area contributed by atoms with Gasteiger partial charge in [0.2, 0.25) is 5.91 Å². The zero-order valence-corrected chi connectivity index (χ0v) is 14.2. The molecule has 1 aromatic carbocycles. The molecule has 2 N–H and O–H groups in total. The Morgan fingerprint density at radius 3 is 2.32 bits per heavy atom. The Kier molecular flexibility index (Phi) is 4.83. The lowest BCUT2D eigenvalue weighted by Gasteiger charge is -2.30. The van der Waals surface area contributed by atoms with Crippen LogP contribution in [-0.2, 0) is 14.4 Å². The number of hydrogen-bond acceptors (Lipinski definition) is 5. The standard InChI is InChI=1S/C18H22N4O3/c1-12(23)16-11-15(20-22(16)14-5-3-2-4-6-14)18(25)21-9-7-13(8-10-21)17(19)24/h2-6,13,16H,7-11H2,1H3,(H2,19,24). The van der Waals surface area contributed by atoms with Crippen molar-refractivity contribution < 1.29 is 14.4 Å². The summed E-state index contributed by atoms with van der Waals surface area (Å²) in [4.78, 5) is 37.7. The number of rotatable bonds is 4. The highest BCUT2D eigenvalue weighted by Gasteiger charge is 2.36. The number of carbonyl (C=O) groups is 3. The van der Waals surface area contributed by atoms with E-state index < -0.39 is 6.04 Å².